The van der Waals surface area contributed by atoms with Crippen LogP contribution in [0.4, 0.5) is 0 Å². The van der Waals surface area contributed by atoms with Gasteiger partial charge in [0, 0.05) is 25.3 Å². The minimum Gasteiger partial charge on any atom is -0.496 e. The second kappa shape index (κ2) is 6.28. The summed E-state index contributed by atoms with van der Waals surface area (Å²) in [5.41, 5.74) is 1.79. The zero-order chi connectivity index (χ0) is 17.3. The van der Waals surface area contributed by atoms with Gasteiger partial charge in [0.25, 0.3) is 5.91 Å². The van der Waals surface area contributed by atoms with Gasteiger partial charge in [-0.2, -0.15) is 0 Å². The molecule has 1 aliphatic rings. The summed E-state index contributed by atoms with van der Waals surface area (Å²) in [6.45, 7) is 4.38. The lowest BCUT2D eigenvalue weighted by atomic mass is 9.93. The number of nitrogens with one attached hydrogen (secondary N) is 2. The van der Waals surface area contributed by atoms with Gasteiger partial charge < -0.3 is 19.8 Å². The number of carbonyl (C=O) groups is 1. The van der Waals surface area contributed by atoms with E-state index in [9.17, 15) is 4.79 Å². The van der Waals surface area contributed by atoms with Crippen LogP contribution in [0, 0.1) is 0 Å². The molecule has 128 valence electrons. The lowest BCUT2D eigenvalue weighted by molar-refractivity contribution is 0.0120. The van der Waals surface area contributed by atoms with Crippen LogP contribution in [0.25, 0.3) is 0 Å². The predicted octanol–water partition coefficient (Wildman–Crippen LogP) is 2.37. The van der Waals surface area contributed by atoms with Gasteiger partial charge in [0.05, 0.1) is 7.11 Å². The second-order valence-corrected chi connectivity index (χ2v) is 6.48. The van der Waals surface area contributed by atoms with Crippen molar-refractivity contribution in [2.24, 2.45) is 0 Å². The summed E-state index contributed by atoms with van der Waals surface area (Å²) in [5.74, 6) is 1.45. The molecule has 6 nitrogen and oxygen atoms in total. The number of methoxy groups -OCH3 is 2. The van der Waals surface area contributed by atoms with Crippen LogP contribution in [0.1, 0.15) is 47.3 Å². The molecule has 2 N–H and O–H groups in total. The largest absolute Gasteiger partial charge is 0.496 e. The van der Waals surface area contributed by atoms with Crippen LogP contribution in [0.5, 0.6) is 5.75 Å². The molecule has 3 rings (SSSR count). The molecule has 0 spiro atoms. The zero-order valence-electron chi connectivity index (χ0n) is 14.5. The first-order valence-electron chi connectivity index (χ1n) is 8.02. The highest BCUT2D eigenvalue weighted by molar-refractivity contribution is 5.94. The second-order valence-electron chi connectivity index (χ2n) is 6.48. The number of H-pyrrole nitrogens is 1. The highest BCUT2D eigenvalue weighted by atomic mass is 16.5. The Bertz CT molecular complexity index is 752. The number of benzene rings is 1. The quantitative estimate of drug-likeness (QED) is 0.903. The molecule has 0 radical (unpaired) electrons. The maximum atomic E-state index is 12.4. The van der Waals surface area contributed by atoms with Gasteiger partial charge in [-0.1, -0.05) is 18.2 Å². The smallest absolute Gasteiger partial charge is 0.271 e. The summed E-state index contributed by atoms with van der Waals surface area (Å²) >= 11 is 0. The van der Waals surface area contributed by atoms with Crippen molar-refractivity contribution in [2.45, 2.75) is 31.8 Å². The fraction of sp³-hybridized carbons (Fsp3) is 0.444. The SMILES string of the molecule is COc1ccccc1[C@H]1CNC(=O)c2nc(C(C)(C)OC)[nH]c2C1. The molecular formula is C18H23N3O3. The summed E-state index contributed by atoms with van der Waals surface area (Å²) < 4.78 is 10.9. The maximum Gasteiger partial charge on any atom is 0.271 e. The normalized spacial score (nSPS) is 17.8. The Morgan fingerprint density at radius 3 is 2.71 bits per heavy atom. The van der Waals surface area contributed by atoms with Gasteiger partial charge in [0.1, 0.15) is 22.9 Å². The van der Waals surface area contributed by atoms with Crippen molar-refractivity contribution in [3.8, 4) is 5.75 Å². The molecular weight excluding hydrogens is 306 g/mol. The third kappa shape index (κ3) is 2.89. The number of aromatic amines is 1. The van der Waals surface area contributed by atoms with E-state index in [1.165, 1.54) is 0 Å². The van der Waals surface area contributed by atoms with Crippen LogP contribution < -0.4 is 10.1 Å². The van der Waals surface area contributed by atoms with Crippen LogP contribution in [-0.2, 0) is 16.8 Å². The Morgan fingerprint density at radius 2 is 2.00 bits per heavy atom. The Morgan fingerprint density at radius 1 is 1.25 bits per heavy atom. The third-order valence-corrected chi connectivity index (χ3v) is 4.61. The molecule has 1 amide bonds. The van der Waals surface area contributed by atoms with Crippen molar-refractivity contribution in [1.29, 1.82) is 0 Å². The molecule has 1 aliphatic heterocycles. The summed E-state index contributed by atoms with van der Waals surface area (Å²) in [5, 5.41) is 2.97. The van der Waals surface area contributed by atoms with E-state index in [-0.39, 0.29) is 11.8 Å². The Kier molecular flexibility index (Phi) is 4.32. The van der Waals surface area contributed by atoms with E-state index in [2.05, 4.69) is 15.3 Å². The van der Waals surface area contributed by atoms with Crippen LogP contribution in [0.15, 0.2) is 24.3 Å². The number of para-hydroxylation sites is 1. The Balaban J connectivity index is 1.98. The van der Waals surface area contributed by atoms with Crippen LogP contribution in [0.2, 0.25) is 0 Å². The molecule has 0 saturated carbocycles. The number of amides is 1. The number of fused-ring (bicyclic) bond motifs is 1. The number of nitrogens with zero attached hydrogens (tertiary/aromatic N) is 1. The number of carbonyl (C=O) groups excluding carboxylic acids is 1. The van der Waals surface area contributed by atoms with E-state index in [4.69, 9.17) is 9.47 Å². The molecule has 2 heterocycles. The topological polar surface area (TPSA) is 76.2 Å². The molecule has 0 aliphatic carbocycles. The molecule has 0 bridgehead atoms. The van der Waals surface area contributed by atoms with Crippen LogP contribution in [-0.4, -0.2) is 36.6 Å². The molecule has 1 atom stereocenters. The van der Waals surface area contributed by atoms with Gasteiger partial charge in [-0.25, -0.2) is 4.98 Å². The molecule has 0 fully saturated rings. The van der Waals surface area contributed by atoms with E-state index in [0.717, 1.165) is 17.0 Å². The minimum absolute atomic E-state index is 0.116. The molecule has 24 heavy (non-hydrogen) atoms. The molecule has 1 aromatic carbocycles. The molecule has 2 aromatic rings. The Hall–Kier alpha value is -2.34. The number of hydrogen-bond acceptors (Lipinski definition) is 4. The van der Waals surface area contributed by atoms with Crippen molar-refractivity contribution < 1.29 is 14.3 Å². The third-order valence-electron chi connectivity index (χ3n) is 4.61. The van der Waals surface area contributed by atoms with E-state index in [1.807, 2.05) is 38.1 Å². The van der Waals surface area contributed by atoms with Crippen molar-refractivity contribution in [3.63, 3.8) is 0 Å². The van der Waals surface area contributed by atoms with Gasteiger partial charge in [0.15, 0.2) is 0 Å². The van der Waals surface area contributed by atoms with Gasteiger partial charge in [-0.15, -0.1) is 0 Å². The van der Waals surface area contributed by atoms with Crippen molar-refractivity contribution >= 4 is 5.91 Å². The first-order valence-corrected chi connectivity index (χ1v) is 8.02. The predicted molar refractivity (Wildman–Crippen MR) is 90.4 cm³/mol. The summed E-state index contributed by atoms with van der Waals surface area (Å²) in [6, 6.07) is 7.91. The number of ether oxygens (including phenoxy) is 2. The molecule has 0 saturated heterocycles. The van der Waals surface area contributed by atoms with Crippen molar-refractivity contribution in [3.05, 3.63) is 47.0 Å². The summed E-state index contributed by atoms with van der Waals surface area (Å²) in [6.07, 6.45) is 0.682. The lowest BCUT2D eigenvalue weighted by Gasteiger charge is -2.20. The number of rotatable bonds is 4. The van der Waals surface area contributed by atoms with E-state index in [1.54, 1.807) is 14.2 Å². The monoisotopic (exact) mass is 329 g/mol. The van der Waals surface area contributed by atoms with Crippen LogP contribution in [0.3, 0.4) is 0 Å². The zero-order valence-corrected chi connectivity index (χ0v) is 14.5. The lowest BCUT2D eigenvalue weighted by Crippen LogP contribution is -2.27. The number of hydrogen-bond donors (Lipinski definition) is 2. The van der Waals surface area contributed by atoms with E-state index in [0.29, 0.717) is 24.5 Å². The van der Waals surface area contributed by atoms with Crippen molar-refractivity contribution in [1.82, 2.24) is 15.3 Å². The average Bonchev–Trinajstić information content (AvgIpc) is 2.96. The fourth-order valence-corrected chi connectivity index (χ4v) is 2.97. The molecule has 1 aromatic heterocycles. The maximum absolute atomic E-state index is 12.4. The van der Waals surface area contributed by atoms with E-state index < -0.39 is 5.60 Å². The first kappa shape index (κ1) is 16.5. The average molecular weight is 329 g/mol. The van der Waals surface area contributed by atoms with E-state index >= 15 is 0 Å². The van der Waals surface area contributed by atoms with Crippen molar-refractivity contribution in [2.75, 3.05) is 20.8 Å². The van der Waals surface area contributed by atoms with Crippen LogP contribution >= 0.6 is 0 Å². The molecule has 0 unspecified atom stereocenters. The fourth-order valence-electron chi connectivity index (χ4n) is 2.97. The standard InChI is InChI=1S/C18H23N3O3/c1-18(2,24-4)17-20-13-9-11(10-19-16(22)15(13)21-17)12-7-5-6-8-14(12)23-3/h5-8,11H,9-10H2,1-4H3,(H,19,22)(H,20,21)/t11-/m1/s1. The highest BCUT2D eigenvalue weighted by Gasteiger charge is 2.31. The number of aromatic nitrogens is 2. The Labute approximate surface area is 141 Å². The van der Waals surface area contributed by atoms with Gasteiger partial charge >= 0.3 is 0 Å². The summed E-state index contributed by atoms with van der Waals surface area (Å²) in [4.78, 5) is 20.2. The van der Waals surface area contributed by atoms with Gasteiger partial charge in [0.2, 0.25) is 0 Å². The first-order chi connectivity index (χ1) is 11.5. The van der Waals surface area contributed by atoms with Gasteiger partial charge in [-0.05, 0) is 31.9 Å². The number of imidazole rings is 1. The summed E-state index contributed by atoms with van der Waals surface area (Å²) in [7, 11) is 3.29. The minimum atomic E-state index is -0.577. The molecule has 6 heteroatoms. The highest BCUT2D eigenvalue weighted by Crippen LogP contribution is 2.32. The van der Waals surface area contributed by atoms with Gasteiger partial charge in [-0.3, -0.25) is 4.79 Å².